The molecule has 1 fully saturated rings. The number of fused-ring (bicyclic) bond motifs is 3. The van der Waals surface area contributed by atoms with Crippen LogP contribution in [0.4, 0.5) is 17.1 Å². The number of para-hydroxylation sites is 2. The van der Waals surface area contributed by atoms with E-state index in [0.717, 1.165) is 35.6 Å². The summed E-state index contributed by atoms with van der Waals surface area (Å²) in [4.78, 5) is 55.6. The summed E-state index contributed by atoms with van der Waals surface area (Å²) in [6.07, 6.45) is 0.531. The highest BCUT2D eigenvalue weighted by atomic mass is 32.2. The molecule has 0 aliphatic carbocycles. The van der Waals surface area contributed by atoms with E-state index in [9.17, 15) is 14.4 Å². The van der Waals surface area contributed by atoms with E-state index in [2.05, 4.69) is 22.3 Å². The van der Waals surface area contributed by atoms with Crippen LogP contribution >= 0.6 is 11.8 Å². The van der Waals surface area contributed by atoms with Crippen LogP contribution in [0.1, 0.15) is 30.9 Å². The Labute approximate surface area is 255 Å². The third-order valence-electron chi connectivity index (χ3n) is 7.87. The smallest absolute Gasteiger partial charge is 0.259 e. The average molecular weight is 595 g/mol. The molecule has 3 amide bonds. The standard InChI is InChI=1S/C33H34N6O3S/c1-3-28(31(41)34-23-11-9-10-22(2)20-23)43-33-36-26-15-8-7-14-25(26)30-35-27(32(42)39(30)33)21-29(40)38-18-16-37(17-19-38)24-12-5-4-6-13-24/h4-15,20,27-28H,3,16-19,21H2,1-2H3,(H,34,41). The molecule has 0 radical (unpaired) electrons. The van der Waals surface area contributed by atoms with Gasteiger partial charge in [-0.05, 0) is 55.3 Å². The number of amides is 3. The SMILES string of the molecule is CCC(SC1=Nc2ccccc2C2=NC(CC(=O)N3CCN(c4ccccc4)CC3)C(=O)N12)C(=O)Nc1cccc(C)c1. The van der Waals surface area contributed by atoms with E-state index in [1.165, 1.54) is 16.7 Å². The van der Waals surface area contributed by atoms with E-state index in [1.54, 1.807) is 0 Å². The highest BCUT2D eigenvalue weighted by Gasteiger charge is 2.43. The molecule has 10 heteroatoms. The summed E-state index contributed by atoms with van der Waals surface area (Å²) >= 11 is 1.25. The number of aliphatic imine (C=N–C) groups is 2. The number of piperazine rings is 1. The highest BCUT2D eigenvalue weighted by molar-refractivity contribution is 8.15. The van der Waals surface area contributed by atoms with E-state index in [4.69, 9.17) is 9.98 Å². The lowest BCUT2D eigenvalue weighted by Gasteiger charge is -2.36. The van der Waals surface area contributed by atoms with Crippen LogP contribution in [0.15, 0.2) is 88.8 Å². The second-order valence-electron chi connectivity index (χ2n) is 10.8. The van der Waals surface area contributed by atoms with Crippen molar-refractivity contribution in [2.75, 3.05) is 36.4 Å². The van der Waals surface area contributed by atoms with Gasteiger partial charge in [-0.25, -0.2) is 9.89 Å². The maximum atomic E-state index is 13.8. The number of hydrogen-bond acceptors (Lipinski definition) is 7. The molecule has 43 heavy (non-hydrogen) atoms. The van der Waals surface area contributed by atoms with Crippen LogP contribution < -0.4 is 10.2 Å². The van der Waals surface area contributed by atoms with Gasteiger partial charge >= 0.3 is 0 Å². The minimum absolute atomic E-state index is 0.00463. The lowest BCUT2D eigenvalue weighted by atomic mass is 10.1. The second kappa shape index (κ2) is 12.4. The summed E-state index contributed by atoms with van der Waals surface area (Å²) < 4.78 is 0. The van der Waals surface area contributed by atoms with Gasteiger partial charge in [0.15, 0.2) is 5.17 Å². The van der Waals surface area contributed by atoms with Crippen molar-refractivity contribution < 1.29 is 14.4 Å². The first-order valence-corrected chi connectivity index (χ1v) is 15.5. The minimum Gasteiger partial charge on any atom is -0.368 e. The maximum absolute atomic E-state index is 13.8. The number of nitrogens with zero attached hydrogens (tertiary/aromatic N) is 5. The molecule has 3 aromatic rings. The Bertz CT molecular complexity index is 1600. The van der Waals surface area contributed by atoms with Gasteiger partial charge in [0.1, 0.15) is 11.9 Å². The summed E-state index contributed by atoms with van der Waals surface area (Å²) in [6, 6.07) is 24.5. The van der Waals surface area contributed by atoms with Gasteiger partial charge in [0.25, 0.3) is 5.91 Å². The molecule has 0 spiro atoms. The molecule has 1 N–H and O–H groups in total. The van der Waals surface area contributed by atoms with Crippen LogP contribution in [0.2, 0.25) is 0 Å². The van der Waals surface area contributed by atoms with Crippen molar-refractivity contribution in [3.63, 3.8) is 0 Å². The van der Waals surface area contributed by atoms with Gasteiger partial charge in [-0.15, -0.1) is 0 Å². The number of benzene rings is 3. The first kappa shape index (κ1) is 28.7. The molecule has 2 unspecified atom stereocenters. The van der Waals surface area contributed by atoms with E-state index in [0.29, 0.717) is 36.2 Å². The molecular weight excluding hydrogens is 560 g/mol. The van der Waals surface area contributed by atoms with Gasteiger partial charge in [-0.3, -0.25) is 19.4 Å². The van der Waals surface area contributed by atoms with Crippen molar-refractivity contribution in [2.24, 2.45) is 9.98 Å². The van der Waals surface area contributed by atoms with Gasteiger partial charge < -0.3 is 15.1 Å². The third-order valence-corrected chi connectivity index (χ3v) is 9.18. The quantitative estimate of drug-likeness (QED) is 0.422. The minimum atomic E-state index is -0.840. The summed E-state index contributed by atoms with van der Waals surface area (Å²) in [6.45, 7) is 6.56. The molecular formula is C33H34N6O3S. The predicted octanol–water partition coefficient (Wildman–Crippen LogP) is 4.84. The number of anilines is 2. The Morgan fingerprint density at radius 3 is 2.47 bits per heavy atom. The molecule has 0 aromatic heterocycles. The summed E-state index contributed by atoms with van der Waals surface area (Å²) in [5, 5.41) is 2.91. The van der Waals surface area contributed by atoms with Crippen molar-refractivity contribution in [3.8, 4) is 0 Å². The topological polar surface area (TPSA) is 97.7 Å². The van der Waals surface area contributed by atoms with Crippen molar-refractivity contribution in [3.05, 3.63) is 90.0 Å². The Morgan fingerprint density at radius 1 is 0.977 bits per heavy atom. The van der Waals surface area contributed by atoms with Crippen LogP contribution in [0, 0.1) is 6.92 Å². The van der Waals surface area contributed by atoms with Crippen molar-refractivity contribution >= 4 is 57.5 Å². The molecule has 0 bridgehead atoms. The van der Waals surface area contributed by atoms with E-state index >= 15 is 0 Å². The number of aryl methyl sites for hydroxylation is 1. The van der Waals surface area contributed by atoms with E-state index in [-0.39, 0.29) is 24.1 Å². The fourth-order valence-electron chi connectivity index (χ4n) is 5.56. The van der Waals surface area contributed by atoms with Crippen molar-refractivity contribution in [1.82, 2.24) is 9.80 Å². The molecule has 9 nitrogen and oxygen atoms in total. The first-order chi connectivity index (χ1) is 20.9. The summed E-state index contributed by atoms with van der Waals surface area (Å²) in [5.74, 6) is -0.0514. The number of hydrogen-bond donors (Lipinski definition) is 1. The fourth-order valence-corrected chi connectivity index (χ4v) is 6.58. The molecule has 1 saturated heterocycles. The van der Waals surface area contributed by atoms with Crippen LogP contribution in [0.5, 0.6) is 0 Å². The van der Waals surface area contributed by atoms with Gasteiger partial charge in [-0.2, -0.15) is 0 Å². The summed E-state index contributed by atoms with van der Waals surface area (Å²) in [7, 11) is 0. The largest absolute Gasteiger partial charge is 0.368 e. The zero-order valence-electron chi connectivity index (χ0n) is 24.3. The maximum Gasteiger partial charge on any atom is 0.259 e. The molecule has 3 aliphatic heterocycles. The predicted molar refractivity (Wildman–Crippen MR) is 172 cm³/mol. The van der Waals surface area contributed by atoms with Crippen LogP contribution in [0.3, 0.4) is 0 Å². The Kier molecular flexibility index (Phi) is 8.29. The number of thioether (sulfide) groups is 1. The lowest BCUT2D eigenvalue weighted by molar-refractivity contribution is -0.135. The number of amidine groups is 2. The normalized spacial score (nSPS) is 18.4. The van der Waals surface area contributed by atoms with Gasteiger partial charge in [-0.1, -0.05) is 61.2 Å². The molecule has 2 atom stereocenters. The number of nitrogens with one attached hydrogen (secondary N) is 1. The van der Waals surface area contributed by atoms with Crippen LogP contribution in [0.25, 0.3) is 0 Å². The zero-order valence-corrected chi connectivity index (χ0v) is 25.1. The molecule has 6 rings (SSSR count). The average Bonchev–Trinajstić information content (AvgIpc) is 3.36. The number of rotatable bonds is 7. The Hall–Kier alpha value is -4.44. The molecule has 3 heterocycles. The first-order valence-electron chi connectivity index (χ1n) is 14.6. The van der Waals surface area contributed by atoms with E-state index < -0.39 is 11.3 Å². The van der Waals surface area contributed by atoms with Crippen LogP contribution in [-0.4, -0.2) is 76.0 Å². The number of carbonyl (C=O) groups is 3. The monoisotopic (exact) mass is 594 g/mol. The Morgan fingerprint density at radius 2 is 1.72 bits per heavy atom. The molecule has 3 aromatic carbocycles. The third kappa shape index (κ3) is 6.06. The van der Waals surface area contributed by atoms with Crippen molar-refractivity contribution in [1.29, 1.82) is 0 Å². The zero-order chi connectivity index (χ0) is 29.9. The van der Waals surface area contributed by atoms with Crippen molar-refractivity contribution in [2.45, 2.75) is 38.0 Å². The molecule has 3 aliphatic rings. The number of carbonyl (C=O) groups excluding carboxylic acids is 3. The Balaban J connectivity index is 1.17. The van der Waals surface area contributed by atoms with Crippen LogP contribution in [-0.2, 0) is 14.4 Å². The van der Waals surface area contributed by atoms with Gasteiger partial charge in [0.2, 0.25) is 11.8 Å². The highest BCUT2D eigenvalue weighted by Crippen LogP contribution is 2.36. The van der Waals surface area contributed by atoms with E-state index in [1.807, 2.05) is 85.5 Å². The second-order valence-corrected chi connectivity index (χ2v) is 12.0. The molecule has 0 saturated carbocycles. The fraction of sp³-hybridized carbons (Fsp3) is 0.303. The van der Waals surface area contributed by atoms with Gasteiger partial charge in [0, 0.05) is 43.1 Å². The lowest BCUT2D eigenvalue weighted by Crippen LogP contribution is -2.50. The molecule has 220 valence electrons. The van der Waals surface area contributed by atoms with Gasteiger partial charge in [0.05, 0.1) is 17.4 Å². The summed E-state index contributed by atoms with van der Waals surface area (Å²) in [5.41, 5.74) is 4.34.